The van der Waals surface area contributed by atoms with Gasteiger partial charge in [-0.05, 0) is 30.7 Å². The van der Waals surface area contributed by atoms with Crippen LogP contribution < -0.4 is 14.8 Å². The van der Waals surface area contributed by atoms with Gasteiger partial charge in [-0.3, -0.25) is 9.69 Å². The number of ether oxygens (including phenoxy) is 2. The second kappa shape index (κ2) is 7.22. The number of nitrogens with zero attached hydrogens (tertiary/aromatic N) is 1. The molecule has 6 nitrogen and oxygen atoms in total. The third-order valence-corrected chi connectivity index (χ3v) is 4.46. The van der Waals surface area contributed by atoms with E-state index in [1.54, 1.807) is 37.3 Å². The van der Waals surface area contributed by atoms with Crippen LogP contribution in [-0.2, 0) is 16.9 Å². The van der Waals surface area contributed by atoms with E-state index in [9.17, 15) is 18.4 Å². The minimum Gasteiger partial charge on any atom is -0.497 e. The summed E-state index contributed by atoms with van der Waals surface area (Å²) in [4.78, 5) is 26.4. The first-order chi connectivity index (χ1) is 12.8. The van der Waals surface area contributed by atoms with Gasteiger partial charge < -0.3 is 14.8 Å². The van der Waals surface area contributed by atoms with E-state index in [1.165, 1.54) is 25.3 Å². The molecule has 0 bridgehead atoms. The van der Waals surface area contributed by atoms with Crippen molar-refractivity contribution in [3.05, 3.63) is 59.7 Å². The zero-order valence-corrected chi connectivity index (χ0v) is 14.7. The Labute approximate surface area is 154 Å². The van der Waals surface area contributed by atoms with Gasteiger partial charge in [0.1, 0.15) is 17.0 Å². The molecule has 1 atom stereocenters. The van der Waals surface area contributed by atoms with Crippen LogP contribution in [0, 0.1) is 0 Å². The lowest BCUT2D eigenvalue weighted by Gasteiger charge is -2.22. The molecule has 2 aromatic carbocycles. The Bertz CT molecular complexity index is 857. The zero-order valence-electron chi connectivity index (χ0n) is 14.7. The molecule has 8 heteroatoms. The lowest BCUT2D eigenvalue weighted by atomic mass is 9.92. The monoisotopic (exact) mass is 376 g/mol. The maximum Gasteiger partial charge on any atom is 0.387 e. The molecule has 1 heterocycles. The molecule has 1 aliphatic rings. The number of carbonyl (C=O) groups excluding carboxylic acids is 2. The van der Waals surface area contributed by atoms with Crippen LogP contribution >= 0.6 is 0 Å². The van der Waals surface area contributed by atoms with Crippen molar-refractivity contribution in [2.75, 3.05) is 7.11 Å². The van der Waals surface area contributed by atoms with Gasteiger partial charge in [-0.2, -0.15) is 8.78 Å². The Kier molecular flexibility index (Phi) is 4.98. The van der Waals surface area contributed by atoms with Crippen molar-refractivity contribution in [1.82, 2.24) is 10.2 Å². The number of urea groups is 1. The number of nitrogens with one attached hydrogen (secondary N) is 1. The molecule has 0 aliphatic carbocycles. The first kappa shape index (κ1) is 18.6. The number of para-hydroxylation sites is 1. The summed E-state index contributed by atoms with van der Waals surface area (Å²) in [6.07, 6.45) is 0. The van der Waals surface area contributed by atoms with Crippen molar-refractivity contribution in [2.24, 2.45) is 0 Å². The summed E-state index contributed by atoms with van der Waals surface area (Å²) in [5, 5.41) is 2.67. The number of hydrogen-bond acceptors (Lipinski definition) is 4. The first-order valence-corrected chi connectivity index (χ1v) is 8.16. The average Bonchev–Trinajstić information content (AvgIpc) is 2.87. The summed E-state index contributed by atoms with van der Waals surface area (Å²) in [6.45, 7) is -1.59. The third-order valence-electron chi connectivity index (χ3n) is 4.46. The second-order valence-electron chi connectivity index (χ2n) is 6.16. The fraction of sp³-hybridized carbons (Fsp3) is 0.263. The standard InChI is InChI=1S/C19H18F2N2O4/c1-19(13-7-9-14(26-2)10-8-13)16(24)23(18(25)22-19)11-12-5-3-4-6-15(12)27-17(20)21/h3-10,17H,11H2,1-2H3,(H,22,25). The van der Waals surface area contributed by atoms with E-state index < -0.39 is 24.1 Å². The van der Waals surface area contributed by atoms with Crippen LogP contribution in [-0.4, -0.2) is 30.6 Å². The van der Waals surface area contributed by atoms with Gasteiger partial charge in [-0.25, -0.2) is 4.79 Å². The molecule has 1 fully saturated rings. The number of halogens is 2. The van der Waals surface area contributed by atoms with E-state index in [2.05, 4.69) is 10.1 Å². The van der Waals surface area contributed by atoms with Gasteiger partial charge in [0.15, 0.2) is 0 Å². The summed E-state index contributed by atoms with van der Waals surface area (Å²) < 4.78 is 34.7. The predicted molar refractivity (Wildman–Crippen MR) is 92.5 cm³/mol. The van der Waals surface area contributed by atoms with Crippen molar-refractivity contribution in [1.29, 1.82) is 0 Å². The highest BCUT2D eigenvalue weighted by Crippen LogP contribution is 2.32. The highest BCUT2D eigenvalue weighted by Gasteiger charge is 2.49. The van der Waals surface area contributed by atoms with Crippen LogP contribution in [0.2, 0.25) is 0 Å². The SMILES string of the molecule is COc1ccc(C2(C)NC(=O)N(Cc3ccccc3OC(F)F)C2=O)cc1. The van der Waals surface area contributed by atoms with Gasteiger partial charge in [-0.15, -0.1) is 0 Å². The smallest absolute Gasteiger partial charge is 0.387 e. The van der Waals surface area contributed by atoms with Crippen LogP contribution in [0.15, 0.2) is 48.5 Å². The van der Waals surface area contributed by atoms with Gasteiger partial charge >= 0.3 is 12.6 Å². The number of imide groups is 1. The molecule has 3 amide bonds. The highest BCUT2D eigenvalue weighted by molar-refractivity contribution is 6.07. The van der Waals surface area contributed by atoms with Crippen LogP contribution in [0.5, 0.6) is 11.5 Å². The molecule has 1 aliphatic heterocycles. The summed E-state index contributed by atoms with van der Waals surface area (Å²) in [5.41, 5.74) is -0.372. The van der Waals surface area contributed by atoms with Crippen molar-refractivity contribution in [3.63, 3.8) is 0 Å². The molecule has 1 saturated heterocycles. The molecule has 1 unspecified atom stereocenters. The van der Waals surface area contributed by atoms with Crippen LogP contribution in [0.1, 0.15) is 18.1 Å². The molecule has 0 saturated carbocycles. The lowest BCUT2D eigenvalue weighted by molar-refractivity contribution is -0.131. The van der Waals surface area contributed by atoms with Gasteiger partial charge in [0.2, 0.25) is 0 Å². The molecule has 1 N–H and O–H groups in total. The molecule has 142 valence electrons. The number of methoxy groups -OCH3 is 1. The molecule has 0 spiro atoms. The topological polar surface area (TPSA) is 67.9 Å². The summed E-state index contributed by atoms with van der Waals surface area (Å²) in [5.74, 6) is 0.0599. The van der Waals surface area contributed by atoms with Crippen LogP contribution in [0.25, 0.3) is 0 Å². The molecular formula is C19H18F2N2O4. The lowest BCUT2D eigenvalue weighted by Crippen LogP contribution is -2.40. The predicted octanol–water partition coefficient (Wildman–Crippen LogP) is 3.26. The second-order valence-corrected chi connectivity index (χ2v) is 6.16. The van der Waals surface area contributed by atoms with Crippen LogP contribution in [0.4, 0.5) is 13.6 Å². The van der Waals surface area contributed by atoms with E-state index in [0.717, 1.165) is 4.90 Å². The number of carbonyl (C=O) groups is 2. The number of rotatable bonds is 6. The Hall–Kier alpha value is -3.16. The van der Waals surface area contributed by atoms with E-state index in [-0.39, 0.29) is 12.3 Å². The minimum absolute atomic E-state index is 0.0776. The van der Waals surface area contributed by atoms with E-state index in [0.29, 0.717) is 16.9 Å². The van der Waals surface area contributed by atoms with Crippen molar-refractivity contribution < 1.29 is 27.8 Å². The Morgan fingerprint density at radius 2 is 1.78 bits per heavy atom. The zero-order chi connectivity index (χ0) is 19.6. The maximum atomic E-state index is 13.0. The maximum absolute atomic E-state index is 13.0. The van der Waals surface area contributed by atoms with E-state index >= 15 is 0 Å². The normalized spacial score (nSPS) is 19.4. The quantitative estimate of drug-likeness (QED) is 0.786. The molecule has 27 heavy (non-hydrogen) atoms. The number of hydrogen-bond donors (Lipinski definition) is 1. The molecule has 3 rings (SSSR count). The number of amides is 3. The third kappa shape index (κ3) is 3.55. The van der Waals surface area contributed by atoms with Gasteiger partial charge in [0.05, 0.1) is 13.7 Å². The summed E-state index contributed by atoms with van der Waals surface area (Å²) >= 11 is 0. The minimum atomic E-state index is -3.00. The van der Waals surface area contributed by atoms with Crippen molar-refractivity contribution >= 4 is 11.9 Å². The molecular weight excluding hydrogens is 358 g/mol. The number of alkyl halides is 2. The van der Waals surface area contributed by atoms with Gasteiger partial charge in [0, 0.05) is 5.56 Å². The highest BCUT2D eigenvalue weighted by atomic mass is 19.3. The van der Waals surface area contributed by atoms with E-state index in [4.69, 9.17) is 4.74 Å². The van der Waals surface area contributed by atoms with Crippen molar-refractivity contribution in [3.8, 4) is 11.5 Å². The molecule has 0 aromatic heterocycles. The first-order valence-electron chi connectivity index (χ1n) is 8.16. The van der Waals surface area contributed by atoms with E-state index in [1.807, 2.05) is 0 Å². The van der Waals surface area contributed by atoms with Gasteiger partial charge in [-0.1, -0.05) is 30.3 Å². The largest absolute Gasteiger partial charge is 0.497 e. The fourth-order valence-corrected chi connectivity index (χ4v) is 2.98. The van der Waals surface area contributed by atoms with Crippen LogP contribution in [0.3, 0.4) is 0 Å². The molecule has 0 radical (unpaired) electrons. The Morgan fingerprint density at radius 1 is 1.11 bits per heavy atom. The number of benzene rings is 2. The van der Waals surface area contributed by atoms with Crippen molar-refractivity contribution in [2.45, 2.75) is 25.6 Å². The summed E-state index contributed by atoms with van der Waals surface area (Å²) in [7, 11) is 1.53. The Morgan fingerprint density at radius 3 is 2.41 bits per heavy atom. The Balaban J connectivity index is 1.86. The fourth-order valence-electron chi connectivity index (χ4n) is 2.98. The summed E-state index contributed by atoms with van der Waals surface area (Å²) in [6, 6.07) is 12.2. The van der Waals surface area contributed by atoms with Gasteiger partial charge in [0.25, 0.3) is 5.91 Å². The molecule has 2 aromatic rings. The average molecular weight is 376 g/mol.